The van der Waals surface area contributed by atoms with Crippen molar-refractivity contribution in [2.75, 3.05) is 0 Å². The summed E-state index contributed by atoms with van der Waals surface area (Å²) in [5, 5.41) is 13.4. The van der Waals surface area contributed by atoms with Crippen LogP contribution in [0.5, 0.6) is 5.88 Å². The van der Waals surface area contributed by atoms with Gasteiger partial charge in [0.1, 0.15) is 10.6 Å². The first-order valence-corrected chi connectivity index (χ1v) is 11.6. The highest BCUT2D eigenvalue weighted by molar-refractivity contribution is 8.13. The van der Waals surface area contributed by atoms with E-state index in [2.05, 4.69) is 31.2 Å². The summed E-state index contributed by atoms with van der Waals surface area (Å²) in [7, 11) is 2.83. The largest absolute Gasteiger partial charge is 0.494 e. The minimum Gasteiger partial charge on any atom is -0.494 e. The van der Waals surface area contributed by atoms with Crippen molar-refractivity contribution in [3.05, 3.63) is 104 Å². The fourth-order valence-electron chi connectivity index (χ4n) is 3.58. The van der Waals surface area contributed by atoms with Gasteiger partial charge in [0.2, 0.25) is 5.88 Å². The lowest BCUT2D eigenvalue weighted by molar-refractivity contribution is 0.410. The van der Waals surface area contributed by atoms with Crippen LogP contribution in [0.3, 0.4) is 0 Å². The Labute approximate surface area is 195 Å². The van der Waals surface area contributed by atoms with Gasteiger partial charge in [-0.2, -0.15) is 0 Å². The third-order valence-electron chi connectivity index (χ3n) is 5.61. The molecule has 0 aliphatic carbocycles. The summed E-state index contributed by atoms with van der Waals surface area (Å²) >= 11 is 1.35. The van der Waals surface area contributed by atoms with Crippen molar-refractivity contribution in [1.29, 1.82) is 0 Å². The maximum Gasteiger partial charge on any atom is 0.333 e. The average Bonchev–Trinajstić information content (AvgIpc) is 2.85. The molecule has 0 saturated carbocycles. The summed E-state index contributed by atoms with van der Waals surface area (Å²) in [6, 6.07) is 22.1. The van der Waals surface area contributed by atoms with Crippen LogP contribution in [0, 0.1) is 0 Å². The molecule has 0 radical (unpaired) electrons. The van der Waals surface area contributed by atoms with E-state index in [1.807, 2.05) is 42.5 Å². The number of rotatable bonds is 5. The van der Waals surface area contributed by atoms with Crippen molar-refractivity contribution < 1.29 is 5.11 Å². The second-order valence-electron chi connectivity index (χ2n) is 7.81. The summed E-state index contributed by atoms with van der Waals surface area (Å²) in [6.45, 7) is 2.08. The number of fused-ring (bicyclic) bond motifs is 1. The molecule has 7 heteroatoms. The van der Waals surface area contributed by atoms with Gasteiger partial charge >= 0.3 is 5.69 Å². The van der Waals surface area contributed by atoms with E-state index in [1.54, 1.807) is 0 Å². The van der Waals surface area contributed by atoms with E-state index in [4.69, 9.17) is 4.99 Å². The molecule has 0 saturated heterocycles. The standard InChI is InChI=1S/C26H25N3O3S/c1-4-17-10-13-21(14-11-17)27-23(22-24(30)28(2)26(32)29(3)25(22)31)33-16-18-9-12-19-7-5-6-8-20(19)15-18/h5-15,30H,4,16H2,1-3H3. The molecule has 0 fully saturated rings. The summed E-state index contributed by atoms with van der Waals surface area (Å²) < 4.78 is 2.05. The van der Waals surface area contributed by atoms with Crippen LogP contribution in [-0.2, 0) is 26.3 Å². The van der Waals surface area contributed by atoms with Gasteiger partial charge in [-0.25, -0.2) is 9.79 Å². The highest BCUT2D eigenvalue weighted by Gasteiger charge is 2.21. The van der Waals surface area contributed by atoms with Gasteiger partial charge in [-0.15, -0.1) is 11.8 Å². The molecule has 33 heavy (non-hydrogen) atoms. The van der Waals surface area contributed by atoms with Gasteiger partial charge in [0.15, 0.2) is 0 Å². The Morgan fingerprint density at radius 2 is 1.58 bits per heavy atom. The summed E-state index contributed by atoms with van der Waals surface area (Å²) in [5.74, 6) is 0.153. The Hall–Kier alpha value is -3.58. The van der Waals surface area contributed by atoms with Crippen molar-refractivity contribution in [2.45, 2.75) is 19.1 Å². The molecule has 0 unspecified atom stereocenters. The molecule has 1 heterocycles. The first-order valence-electron chi connectivity index (χ1n) is 10.7. The van der Waals surface area contributed by atoms with Crippen molar-refractivity contribution in [2.24, 2.45) is 19.1 Å². The molecule has 0 atom stereocenters. The van der Waals surface area contributed by atoms with Crippen molar-refractivity contribution >= 4 is 33.3 Å². The minimum atomic E-state index is -0.590. The maximum atomic E-state index is 13.0. The molecule has 0 spiro atoms. The van der Waals surface area contributed by atoms with E-state index < -0.39 is 17.1 Å². The van der Waals surface area contributed by atoms with E-state index in [0.717, 1.165) is 31.9 Å². The number of aryl methyl sites for hydroxylation is 1. The molecule has 0 amide bonds. The number of aliphatic imine (C=N–C) groups is 1. The molecule has 0 aliphatic rings. The smallest absolute Gasteiger partial charge is 0.333 e. The average molecular weight is 460 g/mol. The van der Waals surface area contributed by atoms with Crippen LogP contribution >= 0.6 is 11.8 Å². The van der Waals surface area contributed by atoms with E-state index in [-0.39, 0.29) is 5.56 Å². The number of aromatic hydroxyl groups is 1. The van der Waals surface area contributed by atoms with Crippen LogP contribution in [-0.4, -0.2) is 19.3 Å². The monoisotopic (exact) mass is 459 g/mol. The van der Waals surface area contributed by atoms with Gasteiger partial charge in [-0.05, 0) is 40.5 Å². The zero-order valence-electron chi connectivity index (χ0n) is 18.8. The minimum absolute atomic E-state index is 0.0185. The van der Waals surface area contributed by atoms with Gasteiger partial charge in [0.05, 0.1) is 5.69 Å². The van der Waals surface area contributed by atoms with Crippen LogP contribution in [0.25, 0.3) is 10.8 Å². The number of hydrogen-bond donors (Lipinski definition) is 1. The Balaban J connectivity index is 1.78. The van der Waals surface area contributed by atoms with Crippen molar-refractivity contribution in [3.8, 4) is 5.88 Å². The molecule has 1 N–H and O–H groups in total. The van der Waals surface area contributed by atoms with Gasteiger partial charge in [0.25, 0.3) is 5.56 Å². The first kappa shape index (κ1) is 22.6. The molecule has 3 aromatic carbocycles. The topological polar surface area (TPSA) is 76.6 Å². The molecular weight excluding hydrogens is 434 g/mol. The zero-order valence-corrected chi connectivity index (χ0v) is 19.6. The number of nitrogens with zero attached hydrogens (tertiary/aromatic N) is 3. The van der Waals surface area contributed by atoms with Crippen molar-refractivity contribution in [3.63, 3.8) is 0 Å². The third-order valence-corrected chi connectivity index (χ3v) is 6.66. The van der Waals surface area contributed by atoms with E-state index in [0.29, 0.717) is 16.5 Å². The normalized spacial score (nSPS) is 11.8. The number of aromatic nitrogens is 2. The quantitative estimate of drug-likeness (QED) is 0.352. The summed E-state index contributed by atoms with van der Waals surface area (Å²) in [5.41, 5.74) is 1.76. The van der Waals surface area contributed by atoms with Crippen LogP contribution in [0.4, 0.5) is 5.69 Å². The van der Waals surface area contributed by atoms with E-state index in [1.165, 1.54) is 31.4 Å². The Morgan fingerprint density at radius 3 is 2.27 bits per heavy atom. The second-order valence-corrected chi connectivity index (χ2v) is 8.78. The molecule has 4 rings (SSSR count). The lowest BCUT2D eigenvalue weighted by atomic mass is 10.1. The summed E-state index contributed by atoms with van der Waals surface area (Å²) in [6.07, 6.45) is 0.912. The number of hydrogen-bond acceptors (Lipinski definition) is 5. The van der Waals surface area contributed by atoms with Gasteiger partial charge in [-0.3, -0.25) is 13.9 Å². The van der Waals surface area contributed by atoms with Crippen LogP contribution in [0.1, 0.15) is 23.6 Å². The molecule has 6 nitrogen and oxygen atoms in total. The maximum absolute atomic E-state index is 13.0. The Morgan fingerprint density at radius 1 is 0.909 bits per heavy atom. The first-order chi connectivity index (χ1) is 15.9. The molecule has 4 aromatic rings. The molecule has 168 valence electrons. The highest BCUT2D eigenvalue weighted by atomic mass is 32.2. The Bertz CT molecular complexity index is 1470. The fraction of sp³-hybridized carbons (Fsp3) is 0.192. The predicted octanol–water partition coefficient (Wildman–Crippen LogP) is 4.52. The Kier molecular flexibility index (Phi) is 6.51. The SMILES string of the molecule is CCc1ccc(N=C(SCc2ccc3ccccc3c2)c2c(O)n(C)c(=O)n(C)c2=O)cc1. The van der Waals surface area contributed by atoms with Crippen LogP contribution in [0.2, 0.25) is 0 Å². The van der Waals surface area contributed by atoms with Crippen molar-refractivity contribution in [1.82, 2.24) is 9.13 Å². The molecule has 0 bridgehead atoms. The number of thioether (sulfide) groups is 1. The third kappa shape index (κ3) is 4.64. The molecule has 0 aliphatic heterocycles. The van der Waals surface area contributed by atoms with Crippen LogP contribution in [0.15, 0.2) is 81.3 Å². The van der Waals surface area contributed by atoms with Gasteiger partial charge in [0, 0.05) is 19.8 Å². The fourth-order valence-corrected chi connectivity index (χ4v) is 4.56. The highest BCUT2D eigenvalue weighted by Crippen LogP contribution is 2.27. The van der Waals surface area contributed by atoms with Crippen LogP contribution < -0.4 is 11.2 Å². The molecule has 1 aromatic heterocycles. The van der Waals surface area contributed by atoms with Gasteiger partial charge < -0.3 is 5.11 Å². The zero-order chi connectivity index (χ0) is 23.5. The van der Waals surface area contributed by atoms with E-state index in [9.17, 15) is 14.7 Å². The predicted molar refractivity (Wildman–Crippen MR) is 136 cm³/mol. The van der Waals surface area contributed by atoms with Gasteiger partial charge in [-0.1, -0.05) is 61.5 Å². The molecular formula is C26H25N3O3S. The second kappa shape index (κ2) is 9.50. The lowest BCUT2D eigenvalue weighted by Gasteiger charge is -2.13. The lowest BCUT2D eigenvalue weighted by Crippen LogP contribution is -2.39. The summed E-state index contributed by atoms with van der Waals surface area (Å²) in [4.78, 5) is 29.9. The number of benzene rings is 3. The van der Waals surface area contributed by atoms with E-state index >= 15 is 0 Å².